The van der Waals surface area contributed by atoms with Gasteiger partial charge < -0.3 is 0 Å². The molecule has 0 fully saturated rings. The molecule has 0 nitrogen and oxygen atoms in total. The van der Waals surface area contributed by atoms with Gasteiger partial charge in [0.2, 0.25) is 0 Å². The Morgan fingerprint density at radius 3 is 2.44 bits per heavy atom. The molecule has 0 rings (SSSR count). The van der Waals surface area contributed by atoms with E-state index in [-0.39, 0.29) is 0 Å². The third kappa shape index (κ3) is 8.03. The summed E-state index contributed by atoms with van der Waals surface area (Å²) < 4.78 is 0. The molecule has 0 saturated heterocycles. The first-order valence-electron chi connectivity index (χ1n) is 3.62. The van der Waals surface area contributed by atoms with Crippen molar-refractivity contribution in [1.82, 2.24) is 0 Å². The van der Waals surface area contributed by atoms with Crippen LogP contribution in [0.3, 0.4) is 0 Å². The molecule has 0 saturated carbocycles. The Balaban J connectivity index is 2.86. The zero-order valence-electron chi connectivity index (χ0n) is 6.07. The second-order valence-electron chi connectivity index (χ2n) is 2.09. The highest BCUT2D eigenvalue weighted by Gasteiger charge is 1.77. The lowest BCUT2D eigenvalue weighted by molar-refractivity contribution is 0.813. The van der Waals surface area contributed by atoms with E-state index in [0.717, 1.165) is 12.3 Å². The van der Waals surface area contributed by atoms with E-state index in [4.69, 9.17) is 11.6 Å². The first kappa shape index (κ1) is 9.03. The molecule has 9 heavy (non-hydrogen) atoms. The summed E-state index contributed by atoms with van der Waals surface area (Å²) in [6.45, 7) is 2.20. The first-order chi connectivity index (χ1) is 4.41. The van der Waals surface area contributed by atoms with Gasteiger partial charge in [-0.3, -0.25) is 0 Å². The van der Waals surface area contributed by atoms with Crippen LogP contribution in [0.5, 0.6) is 0 Å². The van der Waals surface area contributed by atoms with Gasteiger partial charge in [0, 0.05) is 5.88 Å². The number of hydrogen-bond donors (Lipinski definition) is 0. The maximum absolute atomic E-state index is 5.46. The van der Waals surface area contributed by atoms with E-state index in [1.807, 2.05) is 0 Å². The second kappa shape index (κ2) is 8.03. The third-order valence-electron chi connectivity index (χ3n) is 1.17. The Kier molecular flexibility index (Phi) is 8.06. The quantitative estimate of drug-likeness (QED) is 0.317. The van der Waals surface area contributed by atoms with Crippen molar-refractivity contribution < 1.29 is 0 Å². The van der Waals surface area contributed by atoms with Crippen molar-refractivity contribution in [1.29, 1.82) is 0 Å². The van der Waals surface area contributed by atoms with Crippen LogP contribution in [0.15, 0.2) is 12.2 Å². The molecule has 0 spiro atoms. The standard InChI is InChI=1S/C8H15Cl/c1-2-3-4-5-6-7-8-9/h5-6H,2-4,7-8H2,1H3/b6-5-. The lowest BCUT2D eigenvalue weighted by atomic mass is 10.2. The zero-order chi connectivity index (χ0) is 6.95. The monoisotopic (exact) mass is 146 g/mol. The average Bonchev–Trinajstić information content (AvgIpc) is 1.89. The third-order valence-corrected chi connectivity index (χ3v) is 1.39. The Labute approximate surface area is 62.9 Å². The molecule has 0 unspecified atom stereocenters. The van der Waals surface area contributed by atoms with Gasteiger partial charge in [-0.25, -0.2) is 0 Å². The molecule has 0 aliphatic rings. The van der Waals surface area contributed by atoms with Gasteiger partial charge in [0.25, 0.3) is 0 Å². The molecule has 0 N–H and O–H groups in total. The molecule has 0 atom stereocenters. The summed E-state index contributed by atoms with van der Waals surface area (Å²) in [5.41, 5.74) is 0. The minimum absolute atomic E-state index is 0.753. The van der Waals surface area contributed by atoms with Crippen LogP contribution in [-0.2, 0) is 0 Å². The van der Waals surface area contributed by atoms with Gasteiger partial charge in [-0.15, -0.1) is 11.6 Å². The number of allylic oxidation sites excluding steroid dienone is 2. The van der Waals surface area contributed by atoms with Crippen molar-refractivity contribution in [3.63, 3.8) is 0 Å². The Hall–Kier alpha value is 0.0300. The predicted octanol–water partition coefficient (Wildman–Crippen LogP) is 3.36. The fraction of sp³-hybridized carbons (Fsp3) is 0.750. The van der Waals surface area contributed by atoms with Crippen molar-refractivity contribution in [2.24, 2.45) is 0 Å². The van der Waals surface area contributed by atoms with Crippen LogP contribution in [0.2, 0.25) is 0 Å². The largest absolute Gasteiger partial charge is 0.126 e. The maximum Gasteiger partial charge on any atom is 0.0257 e. The number of unbranched alkanes of at least 4 members (excludes halogenated alkanes) is 2. The maximum atomic E-state index is 5.46. The SMILES string of the molecule is CCCC/C=C\CCCl. The van der Waals surface area contributed by atoms with Gasteiger partial charge in [0.1, 0.15) is 0 Å². The molecule has 0 heterocycles. The molecule has 1 heteroatoms. The lowest BCUT2D eigenvalue weighted by Gasteiger charge is -1.86. The molecule has 0 amide bonds. The summed E-state index contributed by atoms with van der Waals surface area (Å²) in [4.78, 5) is 0. The fourth-order valence-electron chi connectivity index (χ4n) is 0.621. The second-order valence-corrected chi connectivity index (χ2v) is 2.47. The van der Waals surface area contributed by atoms with Gasteiger partial charge in [-0.05, 0) is 12.8 Å². The van der Waals surface area contributed by atoms with Crippen molar-refractivity contribution in [3.05, 3.63) is 12.2 Å². The molecule has 0 bridgehead atoms. The normalized spacial score (nSPS) is 10.9. The van der Waals surface area contributed by atoms with E-state index in [0.29, 0.717) is 0 Å². The summed E-state index contributed by atoms with van der Waals surface area (Å²) in [6.07, 6.45) is 9.19. The highest BCUT2D eigenvalue weighted by atomic mass is 35.5. The van der Waals surface area contributed by atoms with E-state index in [9.17, 15) is 0 Å². The van der Waals surface area contributed by atoms with Crippen LogP contribution in [0.4, 0.5) is 0 Å². The highest BCUT2D eigenvalue weighted by molar-refractivity contribution is 6.17. The molecule has 0 aromatic rings. The van der Waals surface area contributed by atoms with Crippen LogP contribution in [0.25, 0.3) is 0 Å². The van der Waals surface area contributed by atoms with E-state index >= 15 is 0 Å². The van der Waals surface area contributed by atoms with Crippen LogP contribution in [-0.4, -0.2) is 5.88 Å². The van der Waals surface area contributed by atoms with Crippen molar-refractivity contribution in [2.45, 2.75) is 32.6 Å². The van der Waals surface area contributed by atoms with Crippen molar-refractivity contribution in [3.8, 4) is 0 Å². The van der Waals surface area contributed by atoms with Gasteiger partial charge in [0.05, 0.1) is 0 Å². The highest BCUT2D eigenvalue weighted by Crippen LogP contribution is 1.96. The van der Waals surface area contributed by atoms with Crippen LogP contribution >= 0.6 is 11.6 Å². The van der Waals surface area contributed by atoms with Crippen molar-refractivity contribution >= 4 is 11.6 Å². The summed E-state index contributed by atoms with van der Waals surface area (Å²) in [5, 5.41) is 0. The van der Waals surface area contributed by atoms with E-state index in [2.05, 4.69) is 19.1 Å². The zero-order valence-corrected chi connectivity index (χ0v) is 6.82. The lowest BCUT2D eigenvalue weighted by Crippen LogP contribution is -1.68. The molecule has 0 radical (unpaired) electrons. The number of alkyl halides is 1. The number of rotatable bonds is 5. The van der Waals surface area contributed by atoms with Gasteiger partial charge in [0.15, 0.2) is 0 Å². The molecule has 0 aliphatic carbocycles. The first-order valence-corrected chi connectivity index (χ1v) is 4.16. The Morgan fingerprint density at radius 1 is 1.22 bits per heavy atom. The van der Waals surface area contributed by atoms with Crippen LogP contribution in [0, 0.1) is 0 Å². The summed E-state index contributed by atoms with van der Waals surface area (Å²) in [7, 11) is 0. The summed E-state index contributed by atoms with van der Waals surface area (Å²) in [5.74, 6) is 0.753. The molecule has 0 aromatic heterocycles. The van der Waals surface area contributed by atoms with Gasteiger partial charge in [-0.2, -0.15) is 0 Å². The minimum Gasteiger partial charge on any atom is -0.126 e. The molecular weight excluding hydrogens is 132 g/mol. The molecular formula is C8H15Cl. The number of hydrogen-bond acceptors (Lipinski definition) is 0. The van der Waals surface area contributed by atoms with Gasteiger partial charge >= 0.3 is 0 Å². The Bertz CT molecular complexity index is 67.0. The minimum atomic E-state index is 0.753. The number of halogens is 1. The van der Waals surface area contributed by atoms with E-state index < -0.39 is 0 Å². The Morgan fingerprint density at radius 2 is 1.89 bits per heavy atom. The van der Waals surface area contributed by atoms with Crippen molar-refractivity contribution in [2.75, 3.05) is 5.88 Å². The molecule has 0 aromatic carbocycles. The fourth-order valence-corrected chi connectivity index (χ4v) is 0.747. The molecule has 54 valence electrons. The molecule has 0 aliphatic heterocycles. The summed E-state index contributed by atoms with van der Waals surface area (Å²) in [6, 6.07) is 0. The van der Waals surface area contributed by atoms with Crippen LogP contribution in [0.1, 0.15) is 32.6 Å². The average molecular weight is 147 g/mol. The topological polar surface area (TPSA) is 0 Å². The van der Waals surface area contributed by atoms with E-state index in [1.165, 1.54) is 19.3 Å². The predicted molar refractivity (Wildman–Crippen MR) is 44.0 cm³/mol. The van der Waals surface area contributed by atoms with Crippen LogP contribution < -0.4 is 0 Å². The van der Waals surface area contributed by atoms with Gasteiger partial charge in [-0.1, -0.05) is 31.9 Å². The van der Waals surface area contributed by atoms with E-state index in [1.54, 1.807) is 0 Å². The summed E-state index contributed by atoms with van der Waals surface area (Å²) >= 11 is 5.46. The smallest absolute Gasteiger partial charge is 0.0257 e.